The summed E-state index contributed by atoms with van der Waals surface area (Å²) in [4.78, 5) is 11.0. The Morgan fingerprint density at radius 2 is 1.81 bits per heavy atom. The standard InChI is InChI=1S/C14H11O2/c1-10-7-8-12(9-13(10)14(15)16)11-5-3-2-4-6-11/h3-9H,1H3,(H,15,16). The van der Waals surface area contributed by atoms with E-state index in [1.165, 1.54) is 0 Å². The fourth-order valence-corrected chi connectivity index (χ4v) is 1.61. The van der Waals surface area contributed by atoms with Crippen molar-refractivity contribution in [3.8, 4) is 11.1 Å². The van der Waals surface area contributed by atoms with Crippen LogP contribution in [-0.2, 0) is 0 Å². The van der Waals surface area contributed by atoms with Crippen LogP contribution < -0.4 is 0 Å². The van der Waals surface area contributed by atoms with Crippen LogP contribution in [0.5, 0.6) is 0 Å². The van der Waals surface area contributed by atoms with Gasteiger partial charge in [0.2, 0.25) is 0 Å². The van der Waals surface area contributed by atoms with Crippen molar-refractivity contribution in [2.45, 2.75) is 6.92 Å². The van der Waals surface area contributed by atoms with Gasteiger partial charge in [0.05, 0.1) is 5.56 Å². The number of carboxylic acid groups (broad SMARTS) is 1. The molecule has 1 radical (unpaired) electrons. The maximum Gasteiger partial charge on any atom is 0.335 e. The Kier molecular flexibility index (Phi) is 2.73. The molecular formula is C14H11O2. The number of hydrogen-bond donors (Lipinski definition) is 1. The molecule has 2 nitrogen and oxygen atoms in total. The monoisotopic (exact) mass is 211 g/mol. The summed E-state index contributed by atoms with van der Waals surface area (Å²) in [6.07, 6.45) is 0. The van der Waals surface area contributed by atoms with Crippen molar-refractivity contribution in [2.75, 3.05) is 0 Å². The topological polar surface area (TPSA) is 37.3 Å². The predicted molar refractivity (Wildman–Crippen MR) is 62.4 cm³/mol. The molecule has 0 saturated heterocycles. The molecule has 0 spiro atoms. The van der Waals surface area contributed by atoms with Gasteiger partial charge in [-0.05, 0) is 35.7 Å². The van der Waals surface area contributed by atoms with Gasteiger partial charge in [-0.3, -0.25) is 0 Å². The van der Waals surface area contributed by atoms with Gasteiger partial charge in [-0.25, -0.2) is 4.79 Å². The summed E-state index contributed by atoms with van der Waals surface area (Å²) in [6, 6.07) is 15.8. The van der Waals surface area contributed by atoms with E-state index in [4.69, 9.17) is 5.11 Å². The molecule has 16 heavy (non-hydrogen) atoms. The Balaban J connectivity index is 2.52. The first-order chi connectivity index (χ1) is 7.68. The summed E-state index contributed by atoms with van der Waals surface area (Å²) in [5, 5.41) is 9.03. The Labute approximate surface area is 94.2 Å². The van der Waals surface area contributed by atoms with Crippen molar-refractivity contribution in [3.63, 3.8) is 0 Å². The molecule has 0 aromatic heterocycles. The maximum atomic E-state index is 11.0. The summed E-state index contributed by atoms with van der Waals surface area (Å²) < 4.78 is 0. The van der Waals surface area contributed by atoms with Gasteiger partial charge in [-0.2, -0.15) is 0 Å². The van der Waals surface area contributed by atoms with Crippen LogP contribution in [0, 0.1) is 13.0 Å². The van der Waals surface area contributed by atoms with Gasteiger partial charge in [0.25, 0.3) is 0 Å². The summed E-state index contributed by atoms with van der Waals surface area (Å²) >= 11 is 0. The normalized spacial score (nSPS) is 10.1. The van der Waals surface area contributed by atoms with E-state index in [-0.39, 0.29) is 0 Å². The first-order valence-electron chi connectivity index (χ1n) is 4.99. The van der Waals surface area contributed by atoms with E-state index in [2.05, 4.69) is 6.07 Å². The smallest absolute Gasteiger partial charge is 0.335 e. The molecule has 0 aliphatic rings. The second kappa shape index (κ2) is 4.19. The highest BCUT2D eigenvalue weighted by Gasteiger charge is 2.08. The zero-order valence-electron chi connectivity index (χ0n) is 8.90. The van der Waals surface area contributed by atoms with Crippen LogP contribution in [0.3, 0.4) is 0 Å². The Morgan fingerprint density at radius 3 is 2.44 bits per heavy atom. The molecule has 2 rings (SSSR count). The van der Waals surface area contributed by atoms with Crippen LogP contribution in [0.2, 0.25) is 0 Å². The Hall–Kier alpha value is -2.09. The molecule has 0 heterocycles. The SMILES string of the molecule is Cc1ccc(-c2cc[c]cc2)cc1C(=O)O. The number of carboxylic acids is 1. The van der Waals surface area contributed by atoms with Crippen LogP contribution in [0.1, 0.15) is 15.9 Å². The number of aryl methyl sites for hydroxylation is 1. The van der Waals surface area contributed by atoms with Crippen LogP contribution in [0.4, 0.5) is 0 Å². The Morgan fingerprint density at radius 1 is 1.12 bits per heavy atom. The molecule has 79 valence electrons. The highest BCUT2D eigenvalue weighted by Crippen LogP contribution is 2.21. The molecule has 0 amide bonds. The van der Waals surface area contributed by atoms with Crippen LogP contribution in [0.15, 0.2) is 42.5 Å². The first kappa shape index (κ1) is 10.4. The van der Waals surface area contributed by atoms with Gasteiger partial charge in [0.15, 0.2) is 0 Å². The lowest BCUT2D eigenvalue weighted by molar-refractivity contribution is 0.0696. The zero-order valence-corrected chi connectivity index (χ0v) is 8.90. The third-order valence-corrected chi connectivity index (χ3v) is 2.52. The van der Waals surface area contributed by atoms with Crippen LogP contribution >= 0.6 is 0 Å². The molecule has 0 atom stereocenters. The summed E-state index contributed by atoms with van der Waals surface area (Å²) in [7, 11) is 0. The Bertz CT molecular complexity index is 516. The largest absolute Gasteiger partial charge is 0.478 e. The fourth-order valence-electron chi connectivity index (χ4n) is 1.61. The first-order valence-corrected chi connectivity index (χ1v) is 4.99. The van der Waals surface area contributed by atoms with Crippen molar-refractivity contribution in [3.05, 3.63) is 59.7 Å². The maximum absolute atomic E-state index is 11.0. The molecule has 2 aromatic rings. The highest BCUT2D eigenvalue weighted by molar-refractivity contribution is 5.91. The van der Waals surface area contributed by atoms with Crippen LogP contribution in [-0.4, -0.2) is 11.1 Å². The quantitative estimate of drug-likeness (QED) is 0.828. The molecular weight excluding hydrogens is 200 g/mol. The van der Waals surface area contributed by atoms with E-state index < -0.39 is 5.97 Å². The van der Waals surface area contributed by atoms with E-state index >= 15 is 0 Å². The third kappa shape index (κ3) is 1.96. The number of aromatic carboxylic acids is 1. The molecule has 2 heteroatoms. The van der Waals surface area contributed by atoms with Crippen molar-refractivity contribution in [2.24, 2.45) is 0 Å². The van der Waals surface area contributed by atoms with E-state index in [9.17, 15) is 4.79 Å². The van der Waals surface area contributed by atoms with Gasteiger partial charge >= 0.3 is 5.97 Å². The molecule has 2 aromatic carbocycles. The van der Waals surface area contributed by atoms with E-state index in [0.29, 0.717) is 5.56 Å². The number of hydrogen-bond acceptors (Lipinski definition) is 1. The number of carbonyl (C=O) groups is 1. The summed E-state index contributed by atoms with van der Waals surface area (Å²) in [6.45, 7) is 1.80. The second-order valence-corrected chi connectivity index (χ2v) is 3.62. The molecule has 0 fully saturated rings. The minimum Gasteiger partial charge on any atom is -0.478 e. The lowest BCUT2D eigenvalue weighted by Crippen LogP contribution is -1.99. The van der Waals surface area contributed by atoms with Crippen molar-refractivity contribution in [1.82, 2.24) is 0 Å². The second-order valence-electron chi connectivity index (χ2n) is 3.62. The van der Waals surface area contributed by atoms with E-state index in [1.54, 1.807) is 13.0 Å². The lowest BCUT2D eigenvalue weighted by Gasteiger charge is -2.05. The highest BCUT2D eigenvalue weighted by atomic mass is 16.4. The fraction of sp³-hybridized carbons (Fsp3) is 0.0714. The van der Waals surface area contributed by atoms with Gasteiger partial charge < -0.3 is 5.11 Å². The zero-order chi connectivity index (χ0) is 11.5. The van der Waals surface area contributed by atoms with Crippen molar-refractivity contribution < 1.29 is 9.90 Å². The van der Waals surface area contributed by atoms with Gasteiger partial charge in [-0.15, -0.1) is 0 Å². The average Bonchev–Trinajstić information content (AvgIpc) is 2.30. The van der Waals surface area contributed by atoms with E-state index in [0.717, 1.165) is 16.7 Å². The molecule has 0 saturated carbocycles. The van der Waals surface area contributed by atoms with Gasteiger partial charge in [0.1, 0.15) is 0 Å². The lowest BCUT2D eigenvalue weighted by atomic mass is 10.00. The molecule has 0 aliphatic carbocycles. The summed E-state index contributed by atoms with van der Waals surface area (Å²) in [5.74, 6) is -0.887. The average molecular weight is 211 g/mol. The van der Waals surface area contributed by atoms with Gasteiger partial charge in [-0.1, -0.05) is 36.4 Å². The minimum atomic E-state index is -0.887. The van der Waals surface area contributed by atoms with Crippen molar-refractivity contribution in [1.29, 1.82) is 0 Å². The molecule has 0 unspecified atom stereocenters. The third-order valence-electron chi connectivity index (χ3n) is 2.52. The predicted octanol–water partition coefficient (Wildman–Crippen LogP) is 3.16. The van der Waals surface area contributed by atoms with Crippen molar-refractivity contribution >= 4 is 5.97 Å². The number of rotatable bonds is 2. The van der Waals surface area contributed by atoms with E-state index in [1.807, 2.05) is 36.4 Å². The minimum absolute atomic E-state index is 0.352. The summed E-state index contributed by atoms with van der Waals surface area (Å²) in [5.41, 5.74) is 3.04. The van der Waals surface area contributed by atoms with Crippen LogP contribution in [0.25, 0.3) is 11.1 Å². The molecule has 0 aliphatic heterocycles. The number of benzene rings is 2. The molecule has 0 bridgehead atoms. The van der Waals surface area contributed by atoms with Gasteiger partial charge in [0, 0.05) is 0 Å². The molecule has 1 N–H and O–H groups in total.